The summed E-state index contributed by atoms with van der Waals surface area (Å²) in [7, 11) is 0. The molecule has 2 heterocycles. The van der Waals surface area contributed by atoms with E-state index in [9.17, 15) is 0 Å². The zero-order valence-corrected chi connectivity index (χ0v) is 12.7. The average molecular weight is 283 g/mol. The molecule has 1 aromatic rings. The lowest BCUT2D eigenvalue weighted by atomic mass is 10.4. The van der Waals surface area contributed by atoms with Crippen molar-refractivity contribution in [2.24, 2.45) is 0 Å². The predicted molar refractivity (Wildman–Crippen MR) is 80.4 cm³/mol. The van der Waals surface area contributed by atoms with Crippen LogP contribution in [-0.2, 0) is 13.1 Å². The molecule has 1 aliphatic rings. The number of aromatic nitrogens is 3. The molecule has 0 radical (unpaired) electrons. The minimum absolute atomic E-state index is 0.828. The number of thioether (sulfide) groups is 1. The molecule has 0 bridgehead atoms. The Bertz CT molecular complexity index is 347. The number of nitrogens with zero attached hydrogens (tertiary/aromatic N) is 4. The van der Waals surface area contributed by atoms with E-state index in [1.54, 1.807) is 0 Å². The fourth-order valence-corrected chi connectivity index (χ4v) is 3.11. The van der Waals surface area contributed by atoms with Gasteiger partial charge in [-0.1, -0.05) is 12.1 Å². The summed E-state index contributed by atoms with van der Waals surface area (Å²) in [6, 6.07) is 0. The molecule has 1 aliphatic heterocycles. The zero-order chi connectivity index (χ0) is 13.3. The quantitative estimate of drug-likeness (QED) is 0.762. The molecule has 1 N–H and O–H groups in total. The first-order valence-electron chi connectivity index (χ1n) is 7.28. The Labute approximate surface area is 120 Å². The van der Waals surface area contributed by atoms with Gasteiger partial charge in [-0.25, -0.2) is 0 Å². The van der Waals surface area contributed by atoms with Gasteiger partial charge in [0.15, 0.2) is 0 Å². The van der Waals surface area contributed by atoms with E-state index in [0.717, 1.165) is 38.3 Å². The fraction of sp³-hybridized carbons (Fsp3) is 0.846. The predicted octanol–water partition coefficient (Wildman–Crippen LogP) is 1.22. The van der Waals surface area contributed by atoms with Crippen molar-refractivity contribution in [3.8, 4) is 0 Å². The largest absolute Gasteiger partial charge is 0.311 e. The molecule has 0 amide bonds. The van der Waals surface area contributed by atoms with Crippen LogP contribution in [0.25, 0.3) is 0 Å². The molecule has 19 heavy (non-hydrogen) atoms. The maximum atomic E-state index is 4.20. The normalized spacial score (nSPS) is 17.5. The van der Waals surface area contributed by atoms with Gasteiger partial charge in [0.05, 0.1) is 12.2 Å². The van der Waals surface area contributed by atoms with E-state index in [1.807, 2.05) is 4.68 Å². The van der Waals surface area contributed by atoms with Crippen LogP contribution in [0.5, 0.6) is 0 Å². The van der Waals surface area contributed by atoms with Gasteiger partial charge < -0.3 is 10.2 Å². The molecular weight excluding hydrogens is 258 g/mol. The van der Waals surface area contributed by atoms with Crippen LogP contribution in [0.4, 0.5) is 0 Å². The van der Waals surface area contributed by atoms with E-state index in [4.69, 9.17) is 0 Å². The van der Waals surface area contributed by atoms with Crippen LogP contribution in [0.2, 0.25) is 0 Å². The molecule has 1 aromatic heterocycles. The van der Waals surface area contributed by atoms with Crippen molar-refractivity contribution in [2.75, 3.05) is 37.7 Å². The van der Waals surface area contributed by atoms with Crippen LogP contribution < -0.4 is 5.32 Å². The monoisotopic (exact) mass is 283 g/mol. The van der Waals surface area contributed by atoms with Crippen LogP contribution in [-0.4, -0.2) is 57.6 Å². The molecule has 0 unspecified atom stereocenters. The Hall–Kier alpha value is -0.590. The third-order valence-electron chi connectivity index (χ3n) is 3.28. The van der Waals surface area contributed by atoms with E-state index < -0.39 is 0 Å². The molecule has 0 saturated carbocycles. The van der Waals surface area contributed by atoms with Crippen LogP contribution in [0.15, 0.2) is 6.20 Å². The lowest BCUT2D eigenvalue weighted by Gasteiger charge is -2.18. The first-order chi connectivity index (χ1) is 9.38. The molecule has 108 valence electrons. The summed E-state index contributed by atoms with van der Waals surface area (Å²) in [5.74, 6) is 2.58. The molecular formula is C13H25N5S. The molecule has 0 aromatic carbocycles. The average Bonchev–Trinajstić information content (AvgIpc) is 2.71. The highest BCUT2D eigenvalue weighted by atomic mass is 32.2. The molecule has 0 spiro atoms. The van der Waals surface area contributed by atoms with Crippen molar-refractivity contribution in [2.45, 2.75) is 32.9 Å². The summed E-state index contributed by atoms with van der Waals surface area (Å²) in [4.78, 5) is 2.54. The second-order valence-electron chi connectivity index (χ2n) is 4.96. The van der Waals surface area contributed by atoms with Crippen molar-refractivity contribution < 1.29 is 0 Å². The summed E-state index contributed by atoms with van der Waals surface area (Å²) in [5, 5.41) is 11.7. The van der Waals surface area contributed by atoms with Crippen molar-refractivity contribution in [1.29, 1.82) is 0 Å². The third kappa shape index (κ3) is 5.50. The zero-order valence-electron chi connectivity index (χ0n) is 11.8. The van der Waals surface area contributed by atoms with Gasteiger partial charge in [0.25, 0.3) is 0 Å². The second-order valence-corrected chi connectivity index (χ2v) is 6.18. The second kappa shape index (κ2) is 8.55. The van der Waals surface area contributed by atoms with Crippen molar-refractivity contribution >= 4 is 11.8 Å². The molecule has 0 atom stereocenters. The van der Waals surface area contributed by atoms with Gasteiger partial charge in [-0.05, 0) is 31.7 Å². The Kier molecular flexibility index (Phi) is 6.67. The van der Waals surface area contributed by atoms with Gasteiger partial charge in [-0.2, -0.15) is 11.8 Å². The molecule has 1 saturated heterocycles. The van der Waals surface area contributed by atoms with Gasteiger partial charge in [0, 0.05) is 31.6 Å². The highest BCUT2D eigenvalue weighted by molar-refractivity contribution is 7.99. The number of rotatable bonds is 7. The van der Waals surface area contributed by atoms with E-state index in [0.29, 0.717) is 0 Å². The smallest absolute Gasteiger partial charge is 0.0964 e. The Balaban J connectivity index is 1.70. The van der Waals surface area contributed by atoms with E-state index in [1.165, 1.54) is 31.0 Å². The number of hydrogen-bond donors (Lipinski definition) is 1. The van der Waals surface area contributed by atoms with E-state index in [-0.39, 0.29) is 0 Å². The topological polar surface area (TPSA) is 46.0 Å². The van der Waals surface area contributed by atoms with Gasteiger partial charge in [0.2, 0.25) is 0 Å². The summed E-state index contributed by atoms with van der Waals surface area (Å²) < 4.78 is 1.97. The highest BCUT2D eigenvalue weighted by Crippen LogP contribution is 2.09. The van der Waals surface area contributed by atoms with E-state index >= 15 is 0 Å². The maximum Gasteiger partial charge on any atom is 0.0964 e. The molecule has 5 nitrogen and oxygen atoms in total. The SMILES string of the molecule is CCCNCc1cn(CCN2CCCSCC2)nn1. The minimum Gasteiger partial charge on any atom is -0.311 e. The first-order valence-corrected chi connectivity index (χ1v) is 8.44. The van der Waals surface area contributed by atoms with Gasteiger partial charge in [-0.3, -0.25) is 4.68 Å². The Morgan fingerprint density at radius 3 is 3.16 bits per heavy atom. The van der Waals surface area contributed by atoms with Crippen molar-refractivity contribution in [3.05, 3.63) is 11.9 Å². The Morgan fingerprint density at radius 1 is 1.32 bits per heavy atom. The van der Waals surface area contributed by atoms with Gasteiger partial charge >= 0.3 is 0 Å². The highest BCUT2D eigenvalue weighted by Gasteiger charge is 2.09. The summed E-state index contributed by atoms with van der Waals surface area (Å²) >= 11 is 2.07. The summed E-state index contributed by atoms with van der Waals surface area (Å²) in [6.07, 6.45) is 4.53. The molecule has 2 rings (SSSR count). The Morgan fingerprint density at radius 2 is 2.26 bits per heavy atom. The summed E-state index contributed by atoms with van der Waals surface area (Å²) in [5.41, 5.74) is 1.04. The first kappa shape index (κ1) is 14.8. The summed E-state index contributed by atoms with van der Waals surface area (Å²) in [6.45, 7) is 8.52. The number of nitrogens with one attached hydrogen (secondary N) is 1. The minimum atomic E-state index is 0.828. The van der Waals surface area contributed by atoms with Crippen LogP contribution >= 0.6 is 11.8 Å². The third-order valence-corrected chi connectivity index (χ3v) is 4.33. The van der Waals surface area contributed by atoms with Crippen molar-refractivity contribution in [3.63, 3.8) is 0 Å². The van der Waals surface area contributed by atoms with Crippen molar-refractivity contribution in [1.82, 2.24) is 25.2 Å². The van der Waals surface area contributed by atoms with Crippen LogP contribution in [0.3, 0.4) is 0 Å². The molecule has 6 heteroatoms. The standard InChI is InChI=1S/C13H25N5S/c1-2-4-14-11-13-12-18(16-15-13)7-6-17-5-3-9-19-10-8-17/h12,14H,2-11H2,1H3. The van der Waals surface area contributed by atoms with Gasteiger partial charge in [-0.15, -0.1) is 5.10 Å². The lowest BCUT2D eigenvalue weighted by molar-refractivity contribution is 0.277. The fourth-order valence-electron chi connectivity index (χ4n) is 2.19. The maximum absolute atomic E-state index is 4.20. The lowest BCUT2D eigenvalue weighted by Crippen LogP contribution is -2.29. The number of hydrogen-bond acceptors (Lipinski definition) is 5. The van der Waals surface area contributed by atoms with Gasteiger partial charge in [0.1, 0.15) is 0 Å². The molecule has 0 aliphatic carbocycles. The van der Waals surface area contributed by atoms with E-state index in [2.05, 4.69) is 45.4 Å². The van der Waals surface area contributed by atoms with Crippen LogP contribution in [0, 0.1) is 0 Å². The molecule has 1 fully saturated rings. The van der Waals surface area contributed by atoms with Crippen LogP contribution in [0.1, 0.15) is 25.5 Å².